The number of nitrogens with zero attached hydrogens (tertiary/aromatic N) is 4. The van der Waals surface area contributed by atoms with Crippen molar-refractivity contribution in [3.63, 3.8) is 0 Å². The molecule has 35 heavy (non-hydrogen) atoms. The van der Waals surface area contributed by atoms with Gasteiger partial charge in [-0.25, -0.2) is 9.78 Å². The van der Waals surface area contributed by atoms with Crippen LogP contribution in [0.4, 0.5) is 4.79 Å². The van der Waals surface area contributed by atoms with Crippen LogP contribution in [0.3, 0.4) is 0 Å². The molecule has 5 rings (SSSR count). The number of rotatable bonds is 5. The molecular formula is C26H29N5O4. The van der Waals surface area contributed by atoms with E-state index >= 15 is 0 Å². The molecule has 9 heteroatoms. The Kier molecular flexibility index (Phi) is 6.39. The van der Waals surface area contributed by atoms with Crippen LogP contribution in [0.15, 0.2) is 61.2 Å². The summed E-state index contributed by atoms with van der Waals surface area (Å²) in [5.41, 5.74) is 2.25. The number of piperidine rings is 1. The normalized spacial score (nSPS) is 22.4. The zero-order valence-corrected chi connectivity index (χ0v) is 19.7. The number of hydrogen-bond acceptors (Lipinski definition) is 5. The Morgan fingerprint density at radius 3 is 2.77 bits per heavy atom. The number of ether oxygens (including phenoxy) is 1. The first-order valence-electron chi connectivity index (χ1n) is 12.0. The number of nitrogens with one attached hydrogen (secondary N) is 1. The Labute approximate surface area is 203 Å². The maximum absolute atomic E-state index is 13.4. The highest BCUT2D eigenvalue weighted by molar-refractivity contribution is 6.00. The summed E-state index contributed by atoms with van der Waals surface area (Å²) in [5.74, 6) is 0.0713. The number of hydrogen-bond donors (Lipinski definition) is 1. The van der Waals surface area contributed by atoms with Gasteiger partial charge in [0, 0.05) is 25.8 Å². The van der Waals surface area contributed by atoms with Gasteiger partial charge >= 0.3 is 6.09 Å². The van der Waals surface area contributed by atoms with Gasteiger partial charge in [-0.3, -0.25) is 9.59 Å². The van der Waals surface area contributed by atoms with Crippen LogP contribution < -0.4 is 5.32 Å². The van der Waals surface area contributed by atoms with Crippen LogP contribution in [0, 0.1) is 5.92 Å². The van der Waals surface area contributed by atoms with E-state index in [-0.39, 0.29) is 30.4 Å². The topological polar surface area (TPSA) is 96.2 Å². The molecule has 4 heterocycles. The van der Waals surface area contributed by atoms with E-state index in [0.29, 0.717) is 31.6 Å². The maximum Gasteiger partial charge on any atom is 0.408 e. The molecule has 2 aromatic heterocycles. The number of carbonyl (C=O) groups is 3. The molecule has 2 fully saturated rings. The predicted octanol–water partition coefficient (Wildman–Crippen LogP) is 2.71. The van der Waals surface area contributed by atoms with E-state index in [9.17, 15) is 14.4 Å². The Bertz CT molecular complexity index is 1230. The highest BCUT2D eigenvalue weighted by atomic mass is 16.5. The fourth-order valence-corrected chi connectivity index (χ4v) is 5.01. The number of pyridine rings is 1. The summed E-state index contributed by atoms with van der Waals surface area (Å²) < 4.78 is 7.11. The van der Waals surface area contributed by atoms with E-state index in [4.69, 9.17) is 4.74 Å². The van der Waals surface area contributed by atoms with E-state index in [1.165, 1.54) is 0 Å². The molecule has 3 amide bonds. The molecule has 0 aliphatic carbocycles. The second kappa shape index (κ2) is 9.77. The summed E-state index contributed by atoms with van der Waals surface area (Å²) >= 11 is 0. The fourth-order valence-electron chi connectivity index (χ4n) is 5.01. The Morgan fingerprint density at radius 2 is 1.94 bits per heavy atom. The largest absolute Gasteiger partial charge is 0.445 e. The van der Waals surface area contributed by atoms with Gasteiger partial charge < -0.3 is 24.3 Å². The van der Waals surface area contributed by atoms with Crippen LogP contribution >= 0.6 is 0 Å². The molecule has 1 unspecified atom stereocenters. The van der Waals surface area contributed by atoms with E-state index in [1.54, 1.807) is 12.5 Å². The minimum atomic E-state index is -0.614. The van der Waals surface area contributed by atoms with Crippen LogP contribution in [0.1, 0.15) is 35.7 Å². The van der Waals surface area contributed by atoms with Crippen LogP contribution in [0.5, 0.6) is 0 Å². The second-order valence-electron chi connectivity index (χ2n) is 9.27. The molecule has 0 bridgehead atoms. The molecule has 2 aliphatic heterocycles. The third-order valence-corrected chi connectivity index (χ3v) is 7.03. The monoisotopic (exact) mass is 475 g/mol. The number of aromatic nitrogens is 2. The lowest BCUT2D eigenvalue weighted by atomic mass is 9.91. The molecule has 9 nitrogen and oxygen atoms in total. The highest BCUT2D eigenvalue weighted by Crippen LogP contribution is 2.28. The number of imidazole rings is 1. The SMILES string of the molecule is C[C@@H]1CCN(C(=O)c2cccn3cncc23)C[C@H]1N1CCC(NC(=O)OCc2ccccc2)C1=O. The zero-order valence-electron chi connectivity index (χ0n) is 19.7. The van der Waals surface area contributed by atoms with Crippen LogP contribution in [-0.2, 0) is 16.1 Å². The van der Waals surface area contributed by atoms with Crippen molar-refractivity contribution in [2.45, 2.75) is 38.5 Å². The maximum atomic E-state index is 13.4. The molecule has 1 N–H and O–H groups in total. The van der Waals surface area contributed by atoms with Gasteiger partial charge in [0.1, 0.15) is 12.6 Å². The van der Waals surface area contributed by atoms with Crippen molar-refractivity contribution in [1.29, 1.82) is 0 Å². The summed E-state index contributed by atoms with van der Waals surface area (Å²) in [6.45, 7) is 3.91. The van der Waals surface area contributed by atoms with Crippen molar-refractivity contribution in [2.24, 2.45) is 5.92 Å². The van der Waals surface area contributed by atoms with E-state index in [2.05, 4.69) is 17.2 Å². The lowest BCUT2D eigenvalue weighted by Crippen LogP contribution is -2.55. The summed E-state index contributed by atoms with van der Waals surface area (Å²) in [6, 6.07) is 12.3. The molecule has 0 saturated carbocycles. The van der Waals surface area contributed by atoms with E-state index < -0.39 is 12.1 Å². The lowest BCUT2D eigenvalue weighted by molar-refractivity contribution is -0.133. The van der Waals surface area contributed by atoms with Crippen molar-refractivity contribution in [2.75, 3.05) is 19.6 Å². The van der Waals surface area contributed by atoms with Gasteiger partial charge in [-0.2, -0.15) is 0 Å². The zero-order chi connectivity index (χ0) is 24.4. The van der Waals surface area contributed by atoms with Crippen molar-refractivity contribution in [3.8, 4) is 0 Å². The number of alkyl carbamates (subject to hydrolysis) is 1. The number of fused-ring (bicyclic) bond motifs is 1. The Hall–Kier alpha value is -3.88. The quantitative estimate of drug-likeness (QED) is 0.612. The summed E-state index contributed by atoms with van der Waals surface area (Å²) in [7, 11) is 0. The first-order chi connectivity index (χ1) is 17.0. The molecule has 3 aromatic rings. The molecule has 1 aromatic carbocycles. The average molecular weight is 476 g/mol. The number of amides is 3. The highest BCUT2D eigenvalue weighted by Gasteiger charge is 2.41. The molecule has 0 spiro atoms. The predicted molar refractivity (Wildman–Crippen MR) is 129 cm³/mol. The van der Waals surface area contributed by atoms with Gasteiger partial charge in [-0.1, -0.05) is 37.3 Å². The number of carbonyl (C=O) groups excluding carboxylic acids is 3. The number of likely N-dealkylation sites (tertiary alicyclic amines) is 2. The smallest absolute Gasteiger partial charge is 0.408 e. The second-order valence-corrected chi connectivity index (χ2v) is 9.27. The van der Waals surface area contributed by atoms with Crippen LogP contribution in [0.25, 0.3) is 5.52 Å². The van der Waals surface area contributed by atoms with Crippen LogP contribution in [0.2, 0.25) is 0 Å². The van der Waals surface area contributed by atoms with Gasteiger partial charge in [0.05, 0.1) is 29.6 Å². The Morgan fingerprint density at radius 1 is 1.11 bits per heavy atom. The fraction of sp³-hybridized carbons (Fsp3) is 0.385. The van der Waals surface area contributed by atoms with Crippen molar-refractivity contribution >= 4 is 23.4 Å². The summed E-state index contributed by atoms with van der Waals surface area (Å²) in [6.07, 6.45) is 5.95. The molecule has 3 atom stereocenters. The third-order valence-electron chi connectivity index (χ3n) is 7.03. The first kappa shape index (κ1) is 22.9. The molecule has 182 valence electrons. The average Bonchev–Trinajstić information content (AvgIpc) is 3.50. The van der Waals surface area contributed by atoms with Crippen LogP contribution in [-0.4, -0.2) is 68.8 Å². The van der Waals surface area contributed by atoms with Crippen molar-refractivity contribution < 1.29 is 19.1 Å². The standard InChI is InChI=1S/C26H29N5O4/c1-18-9-12-29(24(32)20-8-5-11-30-17-27-14-22(20)30)15-23(18)31-13-10-21(25(31)33)28-26(34)35-16-19-6-3-2-4-7-19/h2-8,11,14,17-18,21,23H,9-10,12-13,15-16H2,1H3,(H,28,34)/t18-,21?,23-/m1/s1. The van der Waals surface area contributed by atoms with Gasteiger partial charge in [-0.05, 0) is 36.5 Å². The van der Waals surface area contributed by atoms with Crippen molar-refractivity contribution in [1.82, 2.24) is 24.5 Å². The van der Waals surface area contributed by atoms with Crippen molar-refractivity contribution in [3.05, 3.63) is 72.3 Å². The summed E-state index contributed by atoms with van der Waals surface area (Å²) in [5, 5.41) is 2.72. The molecule has 2 aliphatic rings. The Balaban J connectivity index is 1.21. The lowest BCUT2D eigenvalue weighted by Gasteiger charge is -2.41. The minimum absolute atomic E-state index is 0.0567. The van der Waals surface area contributed by atoms with Gasteiger partial charge in [0.15, 0.2) is 0 Å². The molecule has 0 radical (unpaired) electrons. The molecular weight excluding hydrogens is 446 g/mol. The van der Waals surface area contributed by atoms with Gasteiger partial charge in [0.25, 0.3) is 5.91 Å². The number of benzene rings is 1. The third kappa shape index (κ3) is 4.71. The molecule has 2 saturated heterocycles. The summed E-state index contributed by atoms with van der Waals surface area (Å²) in [4.78, 5) is 46.6. The van der Waals surface area contributed by atoms with E-state index in [0.717, 1.165) is 17.5 Å². The first-order valence-corrected chi connectivity index (χ1v) is 12.0. The minimum Gasteiger partial charge on any atom is -0.445 e. The van der Waals surface area contributed by atoms with Gasteiger partial charge in [0.2, 0.25) is 5.91 Å². The van der Waals surface area contributed by atoms with E-state index in [1.807, 2.05) is 62.9 Å². The van der Waals surface area contributed by atoms with Gasteiger partial charge in [-0.15, -0.1) is 0 Å².